The zero-order valence-electron chi connectivity index (χ0n) is 15.0. The standard InChI is InChI=1S/C21H15Cl2N3O3/c22-13-3-1-12(2-4-13)11-24-21(28)25-15-6-8-18-16(10-15)20(27)26-17-9-14(23)5-7-19(17)29-18/h1-10H,11H2,(H,26,27)(H2,24,25,28). The molecule has 0 saturated carbocycles. The van der Waals surface area contributed by atoms with Crippen LogP contribution in [0.15, 0.2) is 60.7 Å². The third-order valence-electron chi connectivity index (χ3n) is 4.26. The van der Waals surface area contributed by atoms with Crippen molar-refractivity contribution in [3.05, 3.63) is 81.8 Å². The van der Waals surface area contributed by atoms with Crippen LogP contribution in [0.3, 0.4) is 0 Å². The Balaban J connectivity index is 1.46. The molecular formula is C21H15Cl2N3O3. The minimum atomic E-state index is -0.398. The van der Waals surface area contributed by atoms with E-state index in [1.807, 2.05) is 12.1 Å². The molecule has 6 nitrogen and oxygen atoms in total. The molecule has 0 fully saturated rings. The Morgan fingerprint density at radius 3 is 2.45 bits per heavy atom. The molecule has 146 valence electrons. The molecule has 4 rings (SSSR count). The van der Waals surface area contributed by atoms with Crippen molar-refractivity contribution < 1.29 is 14.3 Å². The van der Waals surface area contributed by atoms with E-state index < -0.39 is 6.03 Å². The topological polar surface area (TPSA) is 79.5 Å². The van der Waals surface area contributed by atoms with Gasteiger partial charge in [0.15, 0.2) is 5.75 Å². The Morgan fingerprint density at radius 1 is 0.931 bits per heavy atom. The van der Waals surface area contributed by atoms with Gasteiger partial charge in [0.1, 0.15) is 5.75 Å². The lowest BCUT2D eigenvalue weighted by Gasteiger charge is -2.11. The molecule has 1 aliphatic heterocycles. The van der Waals surface area contributed by atoms with Gasteiger partial charge in [-0.15, -0.1) is 0 Å². The highest BCUT2D eigenvalue weighted by Gasteiger charge is 2.21. The summed E-state index contributed by atoms with van der Waals surface area (Å²) in [5.41, 5.74) is 2.15. The number of urea groups is 1. The Bertz CT molecular complexity index is 1100. The molecule has 3 N–H and O–H groups in total. The van der Waals surface area contributed by atoms with Crippen molar-refractivity contribution in [2.24, 2.45) is 0 Å². The van der Waals surface area contributed by atoms with Gasteiger partial charge < -0.3 is 20.7 Å². The Labute approximate surface area is 176 Å². The van der Waals surface area contributed by atoms with Crippen LogP contribution in [0.1, 0.15) is 15.9 Å². The Morgan fingerprint density at radius 2 is 1.66 bits per heavy atom. The SMILES string of the molecule is O=C(NCc1ccc(Cl)cc1)Nc1ccc2c(c1)C(=O)Nc1cc(Cl)ccc1O2. The van der Waals surface area contributed by atoms with Gasteiger partial charge >= 0.3 is 6.03 Å². The van der Waals surface area contributed by atoms with Gasteiger partial charge in [-0.3, -0.25) is 4.79 Å². The molecule has 1 heterocycles. The van der Waals surface area contributed by atoms with E-state index >= 15 is 0 Å². The summed E-state index contributed by atoms with van der Waals surface area (Å²) in [5, 5.41) is 9.34. The first-order chi connectivity index (χ1) is 14.0. The maximum absolute atomic E-state index is 12.6. The lowest BCUT2D eigenvalue weighted by molar-refractivity contribution is 0.102. The largest absolute Gasteiger partial charge is 0.454 e. The van der Waals surface area contributed by atoms with Crippen LogP contribution < -0.4 is 20.7 Å². The van der Waals surface area contributed by atoms with Gasteiger partial charge in [-0.25, -0.2) is 4.79 Å². The predicted molar refractivity (Wildman–Crippen MR) is 113 cm³/mol. The van der Waals surface area contributed by atoms with Gasteiger partial charge in [-0.1, -0.05) is 35.3 Å². The summed E-state index contributed by atoms with van der Waals surface area (Å²) < 4.78 is 5.82. The highest BCUT2D eigenvalue weighted by molar-refractivity contribution is 6.31. The number of halogens is 2. The smallest absolute Gasteiger partial charge is 0.319 e. The van der Waals surface area contributed by atoms with Crippen LogP contribution in [-0.2, 0) is 6.54 Å². The highest BCUT2D eigenvalue weighted by Crippen LogP contribution is 2.37. The monoisotopic (exact) mass is 427 g/mol. The first-order valence-corrected chi connectivity index (χ1v) is 9.45. The van der Waals surface area contributed by atoms with Gasteiger partial charge in [0.05, 0.1) is 11.3 Å². The van der Waals surface area contributed by atoms with Crippen molar-refractivity contribution in [2.75, 3.05) is 10.6 Å². The van der Waals surface area contributed by atoms with Gasteiger partial charge in [-0.2, -0.15) is 0 Å². The molecule has 1 aliphatic rings. The van der Waals surface area contributed by atoms with E-state index in [4.69, 9.17) is 27.9 Å². The molecule has 3 amide bonds. The van der Waals surface area contributed by atoms with Crippen molar-refractivity contribution in [1.29, 1.82) is 0 Å². The van der Waals surface area contributed by atoms with E-state index in [1.165, 1.54) is 0 Å². The van der Waals surface area contributed by atoms with Crippen molar-refractivity contribution in [3.8, 4) is 11.5 Å². The molecule has 0 aliphatic carbocycles. The van der Waals surface area contributed by atoms with Gasteiger partial charge in [0.25, 0.3) is 5.91 Å². The summed E-state index contributed by atoms with van der Waals surface area (Å²) in [4.78, 5) is 24.8. The molecule has 0 aromatic heterocycles. The molecule has 0 radical (unpaired) electrons. The van der Waals surface area contributed by atoms with Crippen LogP contribution in [0.4, 0.5) is 16.2 Å². The Hall–Kier alpha value is -3.22. The molecule has 0 spiro atoms. The van der Waals surface area contributed by atoms with Crippen LogP contribution in [-0.4, -0.2) is 11.9 Å². The van der Waals surface area contributed by atoms with Crippen molar-refractivity contribution in [3.63, 3.8) is 0 Å². The second kappa shape index (κ2) is 8.03. The lowest BCUT2D eigenvalue weighted by atomic mass is 10.1. The van der Waals surface area contributed by atoms with E-state index in [0.717, 1.165) is 5.56 Å². The maximum atomic E-state index is 12.6. The summed E-state index contributed by atoms with van der Waals surface area (Å²) >= 11 is 11.8. The molecule has 0 saturated heterocycles. The fourth-order valence-electron chi connectivity index (χ4n) is 2.83. The first-order valence-electron chi connectivity index (χ1n) is 8.70. The van der Waals surface area contributed by atoms with Gasteiger partial charge in [0, 0.05) is 22.3 Å². The van der Waals surface area contributed by atoms with Crippen molar-refractivity contribution in [2.45, 2.75) is 6.54 Å². The number of carbonyl (C=O) groups is 2. The number of benzene rings is 3. The average Bonchev–Trinajstić information content (AvgIpc) is 2.83. The maximum Gasteiger partial charge on any atom is 0.319 e. The van der Waals surface area contributed by atoms with Crippen molar-refractivity contribution in [1.82, 2.24) is 5.32 Å². The van der Waals surface area contributed by atoms with E-state index in [9.17, 15) is 9.59 Å². The summed E-state index contributed by atoms with van der Waals surface area (Å²) in [7, 11) is 0. The minimum absolute atomic E-state index is 0.299. The second-order valence-electron chi connectivity index (χ2n) is 6.34. The molecule has 8 heteroatoms. The molecule has 0 bridgehead atoms. The summed E-state index contributed by atoms with van der Waals surface area (Å²) in [6.45, 7) is 0.341. The van der Waals surface area contributed by atoms with E-state index in [-0.39, 0.29) is 5.91 Å². The first kappa shape index (κ1) is 19.1. The molecule has 3 aromatic rings. The summed E-state index contributed by atoms with van der Waals surface area (Å²) in [6.07, 6.45) is 0. The Kier molecular flexibility index (Phi) is 5.29. The van der Waals surface area contributed by atoms with E-state index in [1.54, 1.807) is 48.5 Å². The number of fused-ring (bicyclic) bond motifs is 2. The quantitative estimate of drug-likeness (QED) is 0.503. The third-order valence-corrected chi connectivity index (χ3v) is 4.75. The van der Waals surface area contributed by atoms with E-state index in [0.29, 0.717) is 45.0 Å². The molecular weight excluding hydrogens is 413 g/mol. The van der Waals surface area contributed by atoms with E-state index in [2.05, 4.69) is 16.0 Å². The van der Waals surface area contributed by atoms with Crippen LogP contribution in [0.2, 0.25) is 10.0 Å². The molecule has 0 atom stereocenters. The fourth-order valence-corrected chi connectivity index (χ4v) is 3.13. The fraction of sp³-hybridized carbons (Fsp3) is 0.0476. The third kappa shape index (κ3) is 4.45. The predicted octanol–water partition coefficient (Wildman–Crippen LogP) is 5.67. The number of ether oxygens (including phenoxy) is 1. The minimum Gasteiger partial charge on any atom is -0.454 e. The van der Waals surface area contributed by atoms with Gasteiger partial charge in [0.2, 0.25) is 0 Å². The average molecular weight is 428 g/mol. The summed E-state index contributed by atoms with van der Waals surface area (Å²) in [5.74, 6) is 0.518. The van der Waals surface area contributed by atoms with Crippen LogP contribution in [0, 0.1) is 0 Å². The molecule has 0 unspecified atom stereocenters. The highest BCUT2D eigenvalue weighted by atomic mass is 35.5. The van der Waals surface area contributed by atoms with Crippen molar-refractivity contribution >= 4 is 46.5 Å². The van der Waals surface area contributed by atoms with Gasteiger partial charge in [-0.05, 0) is 54.1 Å². The number of nitrogens with one attached hydrogen (secondary N) is 3. The van der Waals surface area contributed by atoms with Crippen LogP contribution >= 0.6 is 23.2 Å². The number of hydrogen-bond donors (Lipinski definition) is 3. The number of carbonyl (C=O) groups excluding carboxylic acids is 2. The summed E-state index contributed by atoms with van der Waals surface area (Å²) in [6, 6.07) is 16.6. The second-order valence-corrected chi connectivity index (χ2v) is 7.21. The molecule has 29 heavy (non-hydrogen) atoms. The zero-order chi connectivity index (χ0) is 20.4. The zero-order valence-corrected chi connectivity index (χ0v) is 16.5. The van der Waals surface area contributed by atoms with Crippen LogP contribution in [0.25, 0.3) is 0 Å². The number of rotatable bonds is 3. The molecule has 3 aromatic carbocycles. The number of hydrogen-bond acceptors (Lipinski definition) is 3. The number of anilines is 2. The number of amides is 3. The van der Waals surface area contributed by atoms with Crippen LogP contribution in [0.5, 0.6) is 11.5 Å². The normalized spacial score (nSPS) is 12.0. The lowest BCUT2D eigenvalue weighted by Crippen LogP contribution is -2.28.